The third-order valence-electron chi connectivity index (χ3n) is 4.89. The molecular weight excluding hydrogens is 521 g/mol. The lowest BCUT2D eigenvalue weighted by molar-refractivity contribution is -0.137. The molecule has 0 aliphatic heterocycles. The summed E-state index contributed by atoms with van der Waals surface area (Å²) in [5.41, 5.74) is -1.46. The van der Waals surface area contributed by atoms with Crippen LogP contribution in [0.1, 0.15) is 23.0 Å². The van der Waals surface area contributed by atoms with E-state index >= 15 is 0 Å². The molecule has 8 nitrogen and oxygen atoms in total. The predicted octanol–water partition coefficient (Wildman–Crippen LogP) is 5.94. The molecule has 0 bridgehead atoms. The molecule has 2 aromatic carbocycles. The normalized spacial score (nSPS) is 11.4. The van der Waals surface area contributed by atoms with Crippen molar-refractivity contribution < 1.29 is 27.5 Å². The van der Waals surface area contributed by atoms with Crippen LogP contribution in [0, 0.1) is 0 Å². The van der Waals surface area contributed by atoms with E-state index in [9.17, 15) is 27.6 Å². The number of carbonyl (C=O) groups excluding carboxylic acids is 2. The summed E-state index contributed by atoms with van der Waals surface area (Å²) in [5, 5.41) is 11.4. The first-order chi connectivity index (χ1) is 17.1. The summed E-state index contributed by atoms with van der Waals surface area (Å²) in [6.07, 6.45) is -4.57. The molecule has 0 spiro atoms. The summed E-state index contributed by atoms with van der Waals surface area (Å²) in [4.78, 5) is 38.5. The van der Waals surface area contributed by atoms with Crippen LogP contribution in [0.2, 0.25) is 5.02 Å². The van der Waals surface area contributed by atoms with Crippen LogP contribution in [-0.4, -0.2) is 28.4 Å². The Morgan fingerprint density at radius 3 is 2.36 bits per heavy atom. The maximum atomic E-state index is 13.3. The minimum Gasteiger partial charge on any atom is -0.461 e. The maximum Gasteiger partial charge on any atom is 0.416 e. The topological polar surface area (TPSA) is 102 Å². The Hall–Kier alpha value is -3.90. The van der Waals surface area contributed by atoms with Gasteiger partial charge in [0.25, 0.3) is 5.56 Å². The van der Waals surface area contributed by atoms with Crippen LogP contribution >= 0.6 is 22.9 Å². The number of nitrogens with one attached hydrogen (secondary N) is 2. The Morgan fingerprint density at radius 2 is 1.75 bits per heavy atom. The van der Waals surface area contributed by atoms with E-state index < -0.39 is 29.3 Å². The highest BCUT2D eigenvalue weighted by Gasteiger charge is 2.30. The van der Waals surface area contributed by atoms with Crippen molar-refractivity contribution in [1.82, 2.24) is 9.78 Å². The molecule has 0 saturated heterocycles. The van der Waals surface area contributed by atoms with E-state index in [1.165, 1.54) is 5.38 Å². The highest BCUT2D eigenvalue weighted by molar-refractivity contribution is 7.16. The summed E-state index contributed by atoms with van der Waals surface area (Å²) >= 11 is 6.82. The number of alkyl halides is 3. The van der Waals surface area contributed by atoms with Crippen LogP contribution in [0.3, 0.4) is 0 Å². The first kappa shape index (κ1) is 25.2. The Kier molecular flexibility index (Phi) is 7.00. The van der Waals surface area contributed by atoms with E-state index in [2.05, 4.69) is 15.7 Å². The molecule has 2 amide bonds. The number of hydrogen-bond acceptors (Lipinski definition) is 6. The van der Waals surface area contributed by atoms with Crippen molar-refractivity contribution >= 4 is 56.4 Å². The standard InChI is InChI=1S/C23H16ClF3N4O4S/c1-2-35-21(33)18-16-11-36-19(29-22(34)28-14-7-5-13(24)6-8-14)17(16)20(32)31(30-18)15-9-3-12(4-10-15)23(25,26)27/h3-11H,2H2,1H3,(H2,28,29,34). The fourth-order valence-electron chi connectivity index (χ4n) is 3.26. The first-order valence-corrected chi connectivity index (χ1v) is 11.6. The quantitative estimate of drug-likeness (QED) is 0.307. The van der Waals surface area contributed by atoms with Crippen LogP contribution in [0.4, 0.5) is 28.7 Å². The average molecular weight is 537 g/mol. The van der Waals surface area contributed by atoms with E-state index in [4.69, 9.17) is 16.3 Å². The Labute approximate surface area is 210 Å². The molecule has 186 valence electrons. The predicted molar refractivity (Wildman–Crippen MR) is 130 cm³/mol. The number of esters is 1. The smallest absolute Gasteiger partial charge is 0.416 e. The fraction of sp³-hybridized carbons (Fsp3) is 0.130. The molecule has 36 heavy (non-hydrogen) atoms. The average Bonchev–Trinajstić information content (AvgIpc) is 3.24. The number of halogens is 4. The van der Waals surface area contributed by atoms with Gasteiger partial charge < -0.3 is 10.1 Å². The number of aromatic nitrogens is 2. The maximum absolute atomic E-state index is 13.3. The molecule has 2 heterocycles. The van der Waals surface area contributed by atoms with Crippen molar-refractivity contribution in [3.63, 3.8) is 0 Å². The van der Waals surface area contributed by atoms with Gasteiger partial charge in [-0.15, -0.1) is 11.3 Å². The lowest BCUT2D eigenvalue weighted by Gasteiger charge is -2.11. The number of benzene rings is 2. The van der Waals surface area contributed by atoms with Gasteiger partial charge in [-0.05, 0) is 55.5 Å². The van der Waals surface area contributed by atoms with E-state index in [0.717, 1.165) is 40.3 Å². The summed E-state index contributed by atoms with van der Waals surface area (Å²) in [7, 11) is 0. The Bertz CT molecular complexity index is 1500. The highest BCUT2D eigenvalue weighted by atomic mass is 35.5. The zero-order valence-electron chi connectivity index (χ0n) is 18.4. The van der Waals surface area contributed by atoms with Gasteiger partial charge in [0.2, 0.25) is 0 Å². The molecule has 0 fully saturated rings. The van der Waals surface area contributed by atoms with E-state index in [1.54, 1.807) is 31.2 Å². The van der Waals surface area contributed by atoms with Gasteiger partial charge in [0.15, 0.2) is 5.69 Å². The molecule has 2 N–H and O–H groups in total. The number of hydrogen-bond donors (Lipinski definition) is 2. The van der Waals surface area contributed by atoms with Gasteiger partial charge in [-0.25, -0.2) is 9.59 Å². The molecule has 0 radical (unpaired) electrons. The number of nitrogens with zero attached hydrogens (tertiary/aromatic N) is 2. The van der Waals surface area contributed by atoms with Crippen LogP contribution in [0.25, 0.3) is 16.5 Å². The molecule has 0 aliphatic carbocycles. The van der Waals surface area contributed by atoms with Crippen LogP contribution in [-0.2, 0) is 10.9 Å². The fourth-order valence-corrected chi connectivity index (χ4v) is 4.32. The van der Waals surface area contributed by atoms with Gasteiger partial charge in [0.05, 0.1) is 23.2 Å². The largest absolute Gasteiger partial charge is 0.461 e. The van der Waals surface area contributed by atoms with Gasteiger partial charge in [-0.2, -0.15) is 23.0 Å². The van der Waals surface area contributed by atoms with E-state index in [1.807, 2.05) is 0 Å². The Morgan fingerprint density at radius 1 is 1.08 bits per heavy atom. The minimum absolute atomic E-state index is 0.0109. The third-order valence-corrected chi connectivity index (χ3v) is 6.04. The molecule has 4 aromatic rings. The van der Waals surface area contributed by atoms with E-state index in [-0.39, 0.29) is 33.8 Å². The summed E-state index contributed by atoms with van der Waals surface area (Å²) in [5.74, 6) is -0.835. The number of amides is 2. The summed E-state index contributed by atoms with van der Waals surface area (Å²) in [6, 6.07) is 9.36. The SMILES string of the molecule is CCOC(=O)c1nn(-c2ccc(C(F)(F)F)cc2)c(=O)c2c(NC(=O)Nc3ccc(Cl)cc3)scc12. The van der Waals surface area contributed by atoms with Crippen molar-refractivity contribution in [1.29, 1.82) is 0 Å². The zero-order chi connectivity index (χ0) is 26.0. The molecule has 4 rings (SSSR count). The first-order valence-electron chi connectivity index (χ1n) is 10.3. The number of thiophene rings is 1. The molecule has 0 aliphatic rings. The monoisotopic (exact) mass is 536 g/mol. The van der Waals surface area contributed by atoms with Crippen molar-refractivity contribution in [2.45, 2.75) is 13.1 Å². The second-order valence-electron chi connectivity index (χ2n) is 7.27. The van der Waals surface area contributed by atoms with Gasteiger partial charge in [-0.3, -0.25) is 10.1 Å². The van der Waals surface area contributed by atoms with Gasteiger partial charge in [-0.1, -0.05) is 11.6 Å². The Balaban J connectivity index is 1.78. The summed E-state index contributed by atoms with van der Waals surface area (Å²) in [6.45, 7) is 1.61. The highest BCUT2D eigenvalue weighted by Crippen LogP contribution is 2.32. The molecule has 2 aromatic heterocycles. The minimum atomic E-state index is -4.57. The van der Waals surface area contributed by atoms with Crippen LogP contribution < -0.4 is 16.2 Å². The summed E-state index contributed by atoms with van der Waals surface area (Å²) < 4.78 is 44.8. The lowest BCUT2D eigenvalue weighted by Crippen LogP contribution is -2.26. The van der Waals surface area contributed by atoms with Gasteiger partial charge in [0, 0.05) is 21.5 Å². The molecule has 0 unspecified atom stereocenters. The van der Waals surface area contributed by atoms with Crippen LogP contribution in [0.15, 0.2) is 58.7 Å². The second kappa shape index (κ2) is 9.99. The van der Waals surface area contributed by atoms with Crippen molar-refractivity contribution in [2.24, 2.45) is 0 Å². The molecule has 0 saturated carbocycles. The number of rotatable bonds is 5. The third kappa shape index (κ3) is 5.19. The van der Waals surface area contributed by atoms with Crippen molar-refractivity contribution in [2.75, 3.05) is 17.2 Å². The van der Waals surface area contributed by atoms with E-state index in [0.29, 0.717) is 10.7 Å². The van der Waals surface area contributed by atoms with Crippen molar-refractivity contribution in [3.8, 4) is 5.69 Å². The van der Waals surface area contributed by atoms with Gasteiger partial charge >= 0.3 is 18.2 Å². The van der Waals surface area contributed by atoms with Crippen LogP contribution in [0.5, 0.6) is 0 Å². The molecule has 0 atom stereocenters. The number of anilines is 2. The molecular formula is C23H16ClF3N4O4S. The number of ether oxygens (including phenoxy) is 1. The number of urea groups is 1. The van der Waals surface area contributed by atoms with Crippen molar-refractivity contribution in [3.05, 3.63) is 80.5 Å². The molecule has 13 heteroatoms. The number of carbonyl (C=O) groups is 2. The zero-order valence-corrected chi connectivity index (χ0v) is 19.9. The van der Waals surface area contributed by atoms with Gasteiger partial charge in [0.1, 0.15) is 5.00 Å². The second-order valence-corrected chi connectivity index (χ2v) is 8.59. The lowest BCUT2D eigenvalue weighted by atomic mass is 10.2. The number of fused-ring (bicyclic) bond motifs is 1.